The van der Waals surface area contributed by atoms with E-state index < -0.39 is 0 Å². The molecule has 1 aliphatic heterocycles. The molecule has 0 spiro atoms. The molecule has 0 aromatic heterocycles. The minimum Gasteiger partial charge on any atom is -0.316 e. The number of rotatable bonds is 4. The van der Waals surface area contributed by atoms with Gasteiger partial charge in [-0.2, -0.15) is 11.8 Å². The van der Waals surface area contributed by atoms with Crippen molar-refractivity contribution in [3.05, 3.63) is 12.7 Å². The van der Waals surface area contributed by atoms with Crippen LogP contribution in [-0.4, -0.2) is 24.1 Å². The van der Waals surface area contributed by atoms with Crippen LogP contribution in [0.5, 0.6) is 0 Å². The summed E-state index contributed by atoms with van der Waals surface area (Å²) in [6, 6.07) is 0.653. The Labute approximate surface area is 73.6 Å². The van der Waals surface area contributed by atoms with Gasteiger partial charge in [0, 0.05) is 11.3 Å². The number of nitrogens with one attached hydrogen (secondary N) is 1. The lowest BCUT2D eigenvalue weighted by molar-refractivity contribution is 0.532. The van der Waals surface area contributed by atoms with E-state index in [0.29, 0.717) is 6.04 Å². The Morgan fingerprint density at radius 2 is 2.64 bits per heavy atom. The molecule has 0 radical (unpaired) electrons. The Morgan fingerprint density at radius 3 is 3.09 bits per heavy atom. The maximum atomic E-state index is 3.77. The van der Waals surface area contributed by atoms with E-state index in [-0.39, 0.29) is 0 Å². The maximum absolute atomic E-state index is 3.77. The third kappa shape index (κ3) is 2.53. The Hall–Kier alpha value is 0.0500. The Morgan fingerprint density at radius 1 is 1.82 bits per heavy atom. The Balaban J connectivity index is 2.33. The van der Waals surface area contributed by atoms with Gasteiger partial charge in [-0.1, -0.05) is 6.08 Å². The van der Waals surface area contributed by atoms with E-state index in [4.69, 9.17) is 0 Å². The summed E-state index contributed by atoms with van der Waals surface area (Å²) in [5, 5.41) is 4.18. The molecule has 1 nitrogen and oxygen atoms in total. The van der Waals surface area contributed by atoms with Gasteiger partial charge in [-0.3, -0.25) is 0 Å². The van der Waals surface area contributed by atoms with Gasteiger partial charge in [0.2, 0.25) is 0 Å². The van der Waals surface area contributed by atoms with Crippen molar-refractivity contribution < 1.29 is 0 Å². The van der Waals surface area contributed by atoms with Gasteiger partial charge in [-0.05, 0) is 32.1 Å². The monoisotopic (exact) mass is 171 g/mol. The lowest BCUT2D eigenvalue weighted by atomic mass is 10.1. The Kier molecular flexibility index (Phi) is 4.02. The van der Waals surface area contributed by atoms with E-state index in [1.807, 2.05) is 13.1 Å². The van der Waals surface area contributed by atoms with Crippen LogP contribution in [0.2, 0.25) is 0 Å². The van der Waals surface area contributed by atoms with Crippen LogP contribution in [0.4, 0.5) is 0 Å². The topological polar surface area (TPSA) is 12.0 Å². The fourth-order valence-electron chi connectivity index (χ4n) is 1.55. The maximum Gasteiger partial charge on any atom is 0.0217 e. The van der Waals surface area contributed by atoms with Gasteiger partial charge in [-0.25, -0.2) is 0 Å². The molecule has 1 heterocycles. The van der Waals surface area contributed by atoms with E-state index in [1.54, 1.807) is 0 Å². The van der Waals surface area contributed by atoms with Crippen LogP contribution in [0.3, 0.4) is 0 Å². The predicted molar refractivity (Wildman–Crippen MR) is 53.1 cm³/mol. The Bertz CT molecular complexity index is 119. The normalized spacial score (nSPS) is 26.8. The third-order valence-electron chi connectivity index (χ3n) is 2.21. The van der Waals surface area contributed by atoms with Gasteiger partial charge in [0.15, 0.2) is 0 Å². The molecule has 0 bridgehead atoms. The summed E-state index contributed by atoms with van der Waals surface area (Å²) in [5.74, 6) is 1.35. The smallest absolute Gasteiger partial charge is 0.0217 e. The molecule has 1 fully saturated rings. The van der Waals surface area contributed by atoms with Gasteiger partial charge in [-0.15, -0.1) is 6.58 Å². The lowest BCUT2D eigenvalue weighted by Crippen LogP contribution is -2.33. The summed E-state index contributed by atoms with van der Waals surface area (Å²) in [6.45, 7) is 3.77. The van der Waals surface area contributed by atoms with Crippen LogP contribution in [0.25, 0.3) is 0 Å². The molecule has 1 N–H and O–H groups in total. The van der Waals surface area contributed by atoms with Crippen molar-refractivity contribution in [3.63, 3.8) is 0 Å². The van der Waals surface area contributed by atoms with Crippen molar-refractivity contribution in [2.75, 3.05) is 12.8 Å². The highest BCUT2D eigenvalue weighted by molar-refractivity contribution is 8.00. The average molecular weight is 171 g/mol. The first-order chi connectivity index (χ1) is 5.38. The zero-order chi connectivity index (χ0) is 8.10. The molecule has 1 rings (SSSR count). The van der Waals surface area contributed by atoms with E-state index in [0.717, 1.165) is 11.7 Å². The first kappa shape index (κ1) is 9.14. The van der Waals surface area contributed by atoms with Crippen LogP contribution in [0.15, 0.2) is 12.7 Å². The largest absolute Gasteiger partial charge is 0.316 e. The highest BCUT2D eigenvalue weighted by atomic mass is 32.2. The van der Waals surface area contributed by atoms with Gasteiger partial charge < -0.3 is 5.32 Å². The third-order valence-corrected chi connectivity index (χ3v) is 3.72. The summed E-state index contributed by atoms with van der Waals surface area (Å²) in [5.41, 5.74) is 0. The zero-order valence-corrected chi connectivity index (χ0v) is 7.99. The fourth-order valence-corrected chi connectivity index (χ4v) is 3.00. The van der Waals surface area contributed by atoms with Crippen LogP contribution < -0.4 is 5.32 Å². The van der Waals surface area contributed by atoms with Crippen LogP contribution in [-0.2, 0) is 0 Å². The van der Waals surface area contributed by atoms with E-state index in [9.17, 15) is 0 Å². The molecule has 2 heteroatoms. The molecule has 1 saturated heterocycles. The van der Waals surface area contributed by atoms with Gasteiger partial charge >= 0.3 is 0 Å². The molecule has 0 aliphatic carbocycles. The summed E-state index contributed by atoms with van der Waals surface area (Å²) < 4.78 is 0. The van der Waals surface area contributed by atoms with Crippen LogP contribution in [0.1, 0.15) is 19.3 Å². The molecule has 1 aliphatic rings. The molecule has 0 saturated carbocycles. The van der Waals surface area contributed by atoms with E-state index >= 15 is 0 Å². The second-order valence-electron chi connectivity index (χ2n) is 2.97. The highest BCUT2D eigenvalue weighted by Gasteiger charge is 2.22. The first-order valence-corrected chi connectivity index (χ1v) is 5.33. The summed E-state index contributed by atoms with van der Waals surface area (Å²) in [6.07, 6.45) is 5.89. The minimum absolute atomic E-state index is 0.653. The van der Waals surface area contributed by atoms with Gasteiger partial charge in [0.1, 0.15) is 0 Å². The molecule has 0 aromatic rings. The molecule has 0 aromatic carbocycles. The SMILES string of the molecule is C=CCC(NC)C1CCCS1. The minimum atomic E-state index is 0.653. The summed E-state index contributed by atoms with van der Waals surface area (Å²) >= 11 is 2.10. The molecule has 2 unspecified atom stereocenters. The van der Waals surface area contributed by atoms with Gasteiger partial charge in [0.25, 0.3) is 0 Å². The standard InChI is InChI=1S/C9H17NS/c1-3-5-8(10-2)9-6-4-7-11-9/h3,8-10H,1,4-7H2,2H3. The van der Waals surface area contributed by atoms with Crippen molar-refractivity contribution in [3.8, 4) is 0 Å². The summed E-state index contributed by atoms with van der Waals surface area (Å²) in [4.78, 5) is 0. The predicted octanol–water partition coefficient (Wildman–Crippen LogP) is 2.05. The molecule has 2 atom stereocenters. The molecular weight excluding hydrogens is 154 g/mol. The van der Waals surface area contributed by atoms with Crippen molar-refractivity contribution in [1.82, 2.24) is 5.32 Å². The van der Waals surface area contributed by atoms with Crippen molar-refractivity contribution in [1.29, 1.82) is 0 Å². The zero-order valence-electron chi connectivity index (χ0n) is 7.18. The van der Waals surface area contributed by atoms with Crippen molar-refractivity contribution in [2.45, 2.75) is 30.6 Å². The first-order valence-electron chi connectivity index (χ1n) is 4.28. The molecule has 64 valence electrons. The van der Waals surface area contributed by atoms with Crippen molar-refractivity contribution >= 4 is 11.8 Å². The number of hydrogen-bond donors (Lipinski definition) is 1. The fraction of sp³-hybridized carbons (Fsp3) is 0.778. The highest BCUT2D eigenvalue weighted by Crippen LogP contribution is 2.29. The van der Waals surface area contributed by atoms with Crippen LogP contribution in [0, 0.1) is 0 Å². The molecular formula is C9H17NS. The van der Waals surface area contributed by atoms with E-state index in [1.165, 1.54) is 18.6 Å². The molecule has 0 amide bonds. The second-order valence-corrected chi connectivity index (χ2v) is 4.32. The van der Waals surface area contributed by atoms with Crippen molar-refractivity contribution in [2.24, 2.45) is 0 Å². The van der Waals surface area contributed by atoms with Crippen LogP contribution >= 0.6 is 11.8 Å². The quantitative estimate of drug-likeness (QED) is 0.650. The van der Waals surface area contributed by atoms with E-state index in [2.05, 4.69) is 23.7 Å². The second kappa shape index (κ2) is 4.83. The van der Waals surface area contributed by atoms with Gasteiger partial charge in [0.05, 0.1) is 0 Å². The average Bonchev–Trinajstić information content (AvgIpc) is 2.52. The lowest BCUT2D eigenvalue weighted by Gasteiger charge is -2.20. The summed E-state index contributed by atoms with van der Waals surface area (Å²) in [7, 11) is 2.05. The number of thioether (sulfide) groups is 1. The number of hydrogen-bond acceptors (Lipinski definition) is 2. The molecule has 11 heavy (non-hydrogen) atoms.